The number of benzene rings is 3. The van der Waals surface area contributed by atoms with Gasteiger partial charge in [-0.15, -0.1) is 0 Å². The van der Waals surface area contributed by atoms with E-state index in [1.165, 1.54) is 36.4 Å². The van der Waals surface area contributed by atoms with Crippen molar-refractivity contribution in [3.05, 3.63) is 91.0 Å². The van der Waals surface area contributed by atoms with E-state index in [0.29, 0.717) is 0 Å². The van der Waals surface area contributed by atoms with E-state index in [-0.39, 0.29) is 95.0 Å². The molecular weight excluding hydrogens is 750 g/mol. The molecule has 0 amide bonds. The molecule has 3 atom stereocenters. The van der Waals surface area contributed by atoms with Crippen molar-refractivity contribution in [2.45, 2.75) is 19.3 Å². The van der Waals surface area contributed by atoms with E-state index in [1.54, 1.807) is 54.6 Å². The molecule has 3 N–H and O–H groups in total. The van der Waals surface area contributed by atoms with Crippen LogP contribution < -0.4 is 30.6 Å². The van der Waals surface area contributed by atoms with E-state index in [9.17, 15) is 42.8 Å². The molecule has 3 rings (SSSR count). The Morgan fingerprint density at radius 3 is 0.814 bits per heavy atom. The van der Waals surface area contributed by atoms with Gasteiger partial charge in [-0.2, -0.15) is 0 Å². The Morgan fingerprint density at radius 1 is 0.465 bits per heavy atom. The average molecular weight is 780 g/mol. The smallest absolute Gasteiger partial charge is 0.796 e. The molecular formula is C27H30O12P3Pr. The summed E-state index contributed by atoms with van der Waals surface area (Å²) >= 11 is 0. The molecule has 0 spiro atoms. The Kier molecular flexibility index (Phi) is 19.2. The van der Waals surface area contributed by atoms with Crippen LogP contribution in [0, 0.1) is 41.3 Å². The fraction of sp³-hybridized carbons (Fsp3) is 0.222. The van der Waals surface area contributed by atoms with E-state index in [0.717, 1.165) is 0 Å². The molecule has 12 nitrogen and oxygen atoms in total. The maximum Gasteiger partial charge on any atom is 3.00 e. The van der Waals surface area contributed by atoms with Crippen LogP contribution in [0.4, 0.5) is 0 Å². The Bertz CT molecular complexity index is 1260. The molecule has 0 fully saturated rings. The van der Waals surface area contributed by atoms with Crippen LogP contribution >= 0.6 is 22.1 Å². The molecule has 3 aromatic carbocycles. The second-order valence-corrected chi connectivity index (χ2v) is 15.6. The van der Waals surface area contributed by atoms with Crippen LogP contribution in [0.1, 0.15) is 19.3 Å². The van der Waals surface area contributed by atoms with Crippen molar-refractivity contribution in [3.63, 3.8) is 0 Å². The fourth-order valence-corrected chi connectivity index (χ4v) is 7.19. The molecule has 0 aromatic heterocycles. The van der Waals surface area contributed by atoms with Crippen LogP contribution in [0.15, 0.2) is 91.0 Å². The molecule has 0 heterocycles. The first-order valence-electron chi connectivity index (χ1n) is 12.3. The third-order valence-corrected chi connectivity index (χ3v) is 11.0. The standard InChI is InChI=1S/3C9H11O4P.Pr/c3*10-9(11)6-7-14(12,13)8-4-2-1-3-5-8;/h3*1-5H,6-7H2,(H,10,11)(H,12,13);/q;;;+3/p-3. The quantitative estimate of drug-likeness (QED) is 0.221. The van der Waals surface area contributed by atoms with Crippen LogP contribution in [0.2, 0.25) is 0 Å². The zero-order valence-electron chi connectivity index (χ0n) is 22.8. The summed E-state index contributed by atoms with van der Waals surface area (Å²) in [5.41, 5.74) is 0. The van der Waals surface area contributed by atoms with Crippen molar-refractivity contribution in [1.82, 2.24) is 0 Å². The number of carbonyl (C=O) groups is 3. The molecule has 0 saturated heterocycles. The SMILES string of the molecule is O=C(O)CCP(=O)([O-])c1ccccc1.O=C(O)CCP(=O)([O-])c1ccccc1.O=C(O)CCP(=O)([O-])c1ccccc1.[Pr+3]. The molecule has 43 heavy (non-hydrogen) atoms. The largest absolute Gasteiger partial charge is 3.00 e. The minimum atomic E-state index is -3.73. The maximum atomic E-state index is 11.5. The number of carboxylic acid groups (broad SMARTS) is 3. The number of hydrogen-bond donors (Lipinski definition) is 3. The normalized spacial score (nSPS) is 14.3. The van der Waals surface area contributed by atoms with Crippen molar-refractivity contribution in [1.29, 1.82) is 0 Å². The summed E-state index contributed by atoms with van der Waals surface area (Å²) in [5.74, 6) is -3.30. The van der Waals surface area contributed by atoms with Crippen LogP contribution in [0.5, 0.6) is 0 Å². The monoisotopic (exact) mass is 780 g/mol. The zero-order valence-corrected chi connectivity index (χ0v) is 29.2. The predicted octanol–water partition coefficient (Wildman–Crippen LogP) is 1.28. The Morgan fingerprint density at radius 2 is 0.651 bits per heavy atom. The third kappa shape index (κ3) is 17.2. The van der Waals surface area contributed by atoms with Gasteiger partial charge >= 0.3 is 59.2 Å². The first-order valence-corrected chi connectivity index (χ1v) is 17.7. The van der Waals surface area contributed by atoms with Gasteiger partial charge in [0, 0.05) is 40.6 Å². The van der Waals surface area contributed by atoms with Gasteiger partial charge in [0.2, 0.25) is 0 Å². The van der Waals surface area contributed by atoms with Crippen molar-refractivity contribution in [2.75, 3.05) is 18.5 Å². The topological polar surface area (TPSA) is 232 Å². The maximum absolute atomic E-state index is 11.5. The molecule has 16 heteroatoms. The molecule has 3 aromatic rings. The molecule has 0 radical (unpaired) electrons. The molecule has 0 saturated carbocycles. The van der Waals surface area contributed by atoms with Gasteiger partial charge < -0.3 is 43.7 Å². The molecule has 228 valence electrons. The van der Waals surface area contributed by atoms with Gasteiger partial charge in [0.1, 0.15) is 0 Å². The molecule has 0 aliphatic heterocycles. The summed E-state index contributed by atoms with van der Waals surface area (Å²) in [6.45, 7) is 0. The second-order valence-electron chi connectivity index (χ2n) is 8.63. The van der Waals surface area contributed by atoms with Crippen molar-refractivity contribution < 1.29 is 99.4 Å². The van der Waals surface area contributed by atoms with Crippen molar-refractivity contribution in [3.8, 4) is 0 Å². The van der Waals surface area contributed by atoms with Crippen LogP contribution in [0.25, 0.3) is 0 Å². The molecule has 3 unspecified atom stereocenters. The first kappa shape index (κ1) is 41.0. The molecule has 0 bridgehead atoms. The van der Waals surface area contributed by atoms with E-state index >= 15 is 0 Å². The van der Waals surface area contributed by atoms with Gasteiger partial charge in [0.05, 0.1) is 19.3 Å². The fourth-order valence-electron chi connectivity index (χ4n) is 3.08. The number of rotatable bonds is 12. The van der Waals surface area contributed by atoms with Gasteiger partial charge in [0.25, 0.3) is 0 Å². The number of carboxylic acids is 3. The summed E-state index contributed by atoms with van der Waals surface area (Å²) in [7, 11) is -11.2. The first-order chi connectivity index (χ1) is 19.6. The Balaban J connectivity index is 0.000000608. The van der Waals surface area contributed by atoms with Crippen LogP contribution in [-0.2, 0) is 28.1 Å². The second kappa shape index (κ2) is 20.1. The Hall–Kier alpha value is -2.00. The van der Waals surface area contributed by atoms with Crippen molar-refractivity contribution in [2.24, 2.45) is 0 Å². The molecule has 0 aliphatic rings. The summed E-state index contributed by atoms with van der Waals surface area (Å²) in [6, 6.07) is 23.6. The van der Waals surface area contributed by atoms with Gasteiger partial charge in [-0.1, -0.05) is 91.0 Å². The van der Waals surface area contributed by atoms with Crippen LogP contribution in [-0.4, -0.2) is 51.7 Å². The van der Waals surface area contributed by atoms with E-state index in [4.69, 9.17) is 15.3 Å². The summed E-state index contributed by atoms with van der Waals surface area (Å²) < 4.78 is 34.5. The van der Waals surface area contributed by atoms with Gasteiger partial charge in [-0.3, -0.25) is 14.4 Å². The number of aliphatic carboxylic acids is 3. The summed E-state index contributed by atoms with van der Waals surface area (Å²) in [6.07, 6.45) is -2.04. The Labute approximate surface area is 282 Å². The third-order valence-electron chi connectivity index (χ3n) is 5.31. The van der Waals surface area contributed by atoms with E-state index in [1.807, 2.05) is 0 Å². The van der Waals surface area contributed by atoms with Crippen LogP contribution in [0.3, 0.4) is 0 Å². The van der Waals surface area contributed by atoms with E-state index in [2.05, 4.69) is 0 Å². The predicted molar refractivity (Wildman–Crippen MR) is 152 cm³/mol. The minimum absolute atomic E-state index is 0. The summed E-state index contributed by atoms with van der Waals surface area (Å²) in [5, 5.41) is 25.7. The van der Waals surface area contributed by atoms with Gasteiger partial charge in [-0.25, -0.2) is 0 Å². The minimum Gasteiger partial charge on any atom is -0.796 e. The average Bonchev–Trinajstić information content (AvgIpc) is 2.96. The van der Waals surface area contributed by atoms with Crippen molar-refractivity contribution >= 4 is 55.9 Å². The van der Waals surface area contributed by atoms with Gasteiger partial charge in [0.15, 0.2) is 0 Å². The summed E-state index contributed by atoms with van der Waals surface area (Å²) in [4.78, 5) is 65.2. The number of hydrogen-bond acceptors (Lipinski definition) is 9. The molecule has 0 aliphatic carbocycles. The zero-order chi connectivity index (χ0) is 31.8. The van der Waals surface area contributed by atoms with E-state index < -0.39 is 40.0 Å². The van der Waals surface area contributed by atoms with Gasteiger partial charge in [-0.05, 0) is 15.9 Å².